The van der Waals surface area contributed by atoms with Crippen molar-refractivity contribution in [2.45, 2.75) is 38.5 Å². The first-order valence-corrected chi connectivity index (χ1v) is 8.70. The normalized spacial score (nSPS) is 15.6. The molecule has 0 aromatic carbocycles. The molecule has 0 aliphatic carbocycles. The summed E-state index contributed by atoms with van der Waals surface area (Å²) in [6.45, 7) is 7.48. The summed E-state index contributed by atoms with van der Waals surface area (Å²) in [4.78, 5) is 6.76. The van der Waals surface area contributed by atoms with E-state index in [-0.39, 0.29) is 0 Å². The van der Waals surface area contributed by atoms with Gasteiger partial charge >= 0.3 is 0 Å². The van der Waals surface area contributed by atoms with Gasteiger partial charge in [-0.05, 0) is 77.1 Å². The second-order valence-electron chi connectivity index (χ2n) is 6.14. The van der Waals surface area contributed by atoms with Gasteiger partial charge in [0.15, 0.2) is 6.29 Å². The van der Waals surface area contributed by atoms with Crippen LogP contribution in [0.2, 0.25) is 0 Å². The minimum atomic E-state index is -1.43. The topological polar surface area (TPSA) is 80.6 Å². The Labute approximate surface area is 138 Å². The molecule has 0 bridgehead atoms. The lowest BCUT2D eigenvalue weighted by molar-refractivity contribution is -0.0426. The van der Waals surface area contributed by atoms with E-state index in [1.807, 2.05) is 0 Å². The third-order valence-electron chi connectivity index (χ3n) is 4.18. The van der Waals surface area contributed by atoms with Gasteiger partial charge in [0.25, 0.3) is 0 Å². The molecular formula is C17H30N4O2. The van der Waals surface area contributed by atoms with E-state index in [0.29, 0.717) is 12.1 Å². The zero-order valence-electron chi connectivity index (χ0n) is 13.9. The third-order valence-corrected chi connectivity index (χ3v) is 4.18. The summed E-state index contributed by atoms with van der Waals surface area (Å²) < 4.78 is 0. The molecule has 0 spiro atoms. The summed E-state index contributed by atoms with van der Waals surface area (Å²) in [6.07, 6.45) is 5.22. The Morgan fingerprint density at radius 2 is 1.83 bits per heavy atom. The summed E-state index contributed by atoms with van der Waals surface area (Å²) in [7, 11) is 0. The molecule has 2 rings (SSSR count). The van der Waals surface area contributed by atoms with Gasteiger partial charge < -0.3 is 25.7 Å². The Hall–Kier alpha value is -1.05. The zero-order valence-corrected chi connectivity index (χ0v) is 13.9. The van der Waals surface area contributed by atoms with Crippen LogP contribution in [0.5, 0.6) is 0 Å². The molecule has 130 valence electrons. The number of aliphatic hydroxyl groups is 2. The summed E-state index contributed by atoms with van der Waals surface area (Å²) in [6, 6.07) is 3.33. The van der Waals surface area contributed by atoms with Crippen molar-refractivity contribution in [1.29, 1.82) is 0 Å². The van der Waals surface area contributed by atoms with E-state index in [0.717, 1.165) is 31.7 Å². The Morgan fingerprint density at radius 1 is 1.09 bits per heavy atom. The van der Waals surface area contributed by atoms with Crippen molar-refractivity contribution in [3.8, 4) is 0 Å². The van der Waals surface area contributed by atoms with E-state index < -0.39 is 6.29 Å². The molecule has 6 heteroatoms. The molecule has 0 saturated carbocycles. The van der Waals surface area contributed by atoms with Gasteiger partial charge in [0.2, 0.25) is 0 Å². The lowest BCUT2D eigenvalue weighted by Gasteiger charge is -2.14. The van der Waals surface area contributed by atoms with E-state index in [4.69, 9.17) is 10.2 Å². The van der Waals surface area contributed by atoms with Crippen LogP contribution in [0.15, 0.2) is 18.3 Å². The Kier molecular flexibility index (Phi) is 8.49. The first kappa shape index (κ1) is 18.3. The van der Waals surface area contributed by atoms with Crippen LogP contribution in [0.1, 0.15) is 43.2 Å². The monoisotopic (exact) mass is 322 g/mol. The fraction of sp³-hybridized carbons (Fsp3) is 0.706. The molecule has 0 unspecified atom stereocenters. The molecule has 2 heterocycles. The fourth-order valence-electron chi connectivity index (χ4n) is 2.87. The van der Waals surface area contributed by atoms with Gasteiger partial charge in [0.1, 0.15) is 0 Å². The molecule has 0 radical (unpaired) electrons. The number of nitrogens with one attached hydrogen (secondary N) is 2. The van der Waals surface area contributed by atoms with Crippen molar-refractivity contribution in [2.75, 3.05) is 39.3 Å². The predicted octanol–water partition coefficient (Wildman–Crippen LogP) is 0.620. The highest BCUT2D eigenvalue weighted by molar-refractivity contribution is 5.17. The molecular weight excluding hydrogens is 292 g/mol. The first-order chi connectivity index (χ1) is 11.3. The molecule has 1 fully saturated rings. The Balaban J connectivity index is 1.44. The molecule has 1 aliphatic heterocycles. The number of aromatic nitrogens is 1. The first-order valence-electron chi connectivity index (χ1n) is 8.70. The summed E-state index contributed by atoms with van der Waals surface area (Å²) in [5.74, 6) is 0. The summed E-state index contributed by atoms with van der Waals surface area (Å²) in [5, 5.41) is 25.1. The Morgan fingerprint density at radius 3 is 2.61 bits per heavy atom. The van der Waals surface area contributed by atoms with E-state index in [9.17, 15) is 0 Å². The highest BCUT2D eigenvalue weighted by atomic mass is 16.5. The van der Waals surface area contributed by atoms with Gasteiger partial charge in [-0.3, -0.25) is 4.98 Å². The number of hydrogen-bond acceptors (Lipinski definition) is 6. The van der Waals surface area contributed by atoms with Crippen LogP contribution in [-0.4, -0.2) is 59.4 Å². The van der Waals surface area contributed by atoms with Crippen LogP contribution < -0.4 is 10.6 Å². The second kappa shape index (κ2) is 10.7. The number of pyridine rings is 1. The van der Waals surface area contributed by atoms with Crippen molar-refractivity contribution < 1.29 is 10.2 Å². The van der Waals surface area contributed by atoms with Crippen molar-refractivity contribution >= 4 is 0 Å². The van der Waals surface area contributed by atoms with Gasteiger partial charge in [-0.1, -0.05) is 0 Å². The van der Waals surface area contributed by atoms with Crippen molar-refractivity contribution in [3.05, 3.63) is 29.6 Å². The average Bonchev–Trinajstić information content (AvgIpc) is 3.07. The zero-order chi connectivity index (χ0) is 16.3. The number of nitrogens with zero attached hydrogens (tertiary/aromatic N) is 2. The maximum absolute atomic E-state index is 9.13. The van der Waals surface area contributed by atoms with Gasteiger partial charge in [-0.15, -0.1) is 0 Å². The van der Waals surface area contributed by atoms with E-state index in [1.54, 1.807) is 18.3 Å². The molecule has 4 N–H and O–H groups in total. The van der Waals surface area contributed by atoms with Gasteiger partial charge in [-0.25, -0.2) is 0 Å². The second-order valence-corrected chi connectivity index (χ2v) is 6.14. The molecule has 1 aliphatic rings. The number of hydrogen-bond donors (Lipinski definition) is 4. The molecule has 1 aromatic rings. The third kappa shape index (κ3) is 7.37. The van der Waals surface area contributed by atoms with Crippen LogP contribution >= 0.6 is 0 Å². The largest absolute Gasteiger partial charge is 0.364 e. The van der Waals surface area contributed by atoms with Crippen LogP contribution in [0.25, 0.3) is 0 Å². The average molecular weight is 322 g/mol. The smallest absolute Gasteiger partial charge is 0.178 e. The van der Waals surface area contributed by atoms with E-state index in [1.165, 1.54) is 38.9 Å². The van der Waals surface area contributed by atoms with Gasteiger partial charge in [0.05, 0.1) is 5.69 Å². The van der Waals surface area contributed by atoms with Crippen LogP contribution in [-0.2, 0) is 6.54 Å². The predicted molar refractivity (Wildman–Crippen MR) is 90.9 cm³/mol. The van der Waals surface area contributed by atoms with E-state index >= 15 is 0 Å². The molecule has 23 heavy (non-hydrogen) atoms. The molecule has 0 amide bonds. The molecule has 1 aromatic heterocycles. The standard InChI is InChI=1S/C17H30N4O2/c22-17(23)15-5-9-20-16(13-15)14-19-7-3-6-18-8-4-12-21-10-1-2-11-21/h5,9,13,17-19,22-23H,1-4,6-8,10-12,14H2. The Bertz CT molecular complexity index is 436. The van der Waals surface area contributed by atoms with Gasteiger partial charge in [-0.2, -0.15) is 0 Å². The minimum Gasteiger partial charge on any atom is -0.364 e. The highest BCUT2D eigenvalue weighted by Gasteiger charge is 2.09. The maximum atomic E-state index is 9.13. The van der Waals surface area contributed by atoms with Crippen molar-refractivity contribution in [2.24, 2.45) is 0 Å². The lowest BCUT2D eigenvalue weighted by atomic mass is 10.2. The molecule has 1 saturated heterocycles. The van der Waals surface area contributed by atoms with E-state index in [2.05, 4.69) is 20.5 Å². The highest BCUT2D eigenvalue weighted by Crippen LogP contribution is 2.09. The van der Waals surface area contributed by atoms with Crippen LogP contribution in [0.4, 0.5) is 0 Å². The summed E-state index contributed by atoms with van der Waals surface area (Å²) >= 11 is 0. The van der Waals surface area contributed by atoms with Crippen LogP contribution in [0.3, 0.4) is 0 Å². The molecule has 0 atom stereocenters. The van der Waals surface area contributed by atoms with Gasteiger partial charge in [0, 0.05) is 18.3 Å². The quantitative estimate of drug-likeness (QED) is 0.353. The van der Waals surface area contributed by atoms with Crippen molar-refractivity contribution in [1.82, 2.24) is 20.5 Å². The number of rotatable bonds is 11. The summed E-state index contributed by atoms with van der Waals surface area (Å²) in [5.41, 5.74) is 1.31. The maximum Gasteiger partial charge on any atom is 0.178 e. The lowest BCUT2D eigenvalue weighted by Crippen LogP contribution is -2.26. The number of aliphatic hydroxyl groups excluding tert-OH is 1. The van der Waals surface area contributed by atoms with Crippen molar-refractivity contribution in [3.63, 3.8) is 0 Å². The SMILES string of the molecule is OC(O)c1ccnc(CNCCCNCCCN2CCCC2)c1. The fourth-order valence-corrected chi connectivity index (χ4v) is 2.87. The number of likely N-dealkylation sites (tertiary alicyclic amines) is 1. The molecule has 6 nitrogen and oxygen atoms in total. The minimum absolute atomic E-state index is 0.483. The van der Waals surface area contributed by atoms with Crippen LogP contribution in [0, 0.1) is 0 Å².